The second-order valence-corrected chi connectivity index (χ2v) is 6.34. The van der Waals surface area contributed by atoms with Crippen LogP contribution in [0.3, 0.4) is 0 Å². The molecule has 0 atom stereocenters. The van der Waals surface area contributed by atoms with E-state index in [1.54, 1.807) is 24.3 Å². The molecule has 0 aliphatic rings. The Kier molecular flexibility index (Phi) is 4.10. The zero-order chi connectivity index (χ0) is 18.1. The molecule has 8 heteroatoms. The summed E-state index contributed by atoms with van der Waals surface area (Å²) >= 11 is 3.39. The van der Waals surface area contributed by atoms with Crippen LogP contribution in [0.2, 0.25) is 0 Å². The van der Waals surface area contributed by atoms with Crippen molar-refractivity contribution < 1.29 is 9.52 Å². The Bertz CT molecular complexity index is 1200. The zero-order valence-electron chi connectivity index (χ0n) is 13.2. The lowest BCUT2D eigenvalue weighted by Gasteiger charge is -2.03. The van der Waals surface area contributed by atoms with E-state index in [4.69, 9.17) is 4.42 Å². The minimum absolute atomic E-state index is 0.0367. The van der Waals surface area contributed by atoms with E-state index >= 15 is 0 Å². The topological polar surface area (TPSA) is 104 Å². The van der Waals surface area contributed by atoms with Crippen LogP contribution in [0.5, 0.6) is 5.88 Å². The van der Waals surface area contributed by atoms with Gasteiger partial charge in [0.05, 0.1) is 5.56 Å². The van der Waals surface area contributed by atoms with Gasteiger partial charge in [-0.05, 0) is 24.3 Å². The summed E-state index contributed by atoms with van der Waals surface area (Å²) in [7, 11) is 0. The first-order valence-corrected chi connectivity index (χ1v) is 8.38. The van der Waals surface area contributed by atoms with Gasteiger partial charge in [0.15, 0.2) is 0 Å². The van der Waals surface area contributed by atoms with Gasteiger partial charge in [0.25, 0.3) is 5.56 Å². The molecule has 2 aromatic heterocycles. The van der Waals surface area contributed by atoms with E-state index < -0.39 is 0 Å². The van der Waals surface area contributed by atoms with Crippen LogP contribution in [-0.4, -0.2) is 26.5 Å². The highest BCUT2D eigenvalue weighted by Crippen LogP contribution is 2.25. The van der Waals surface area contributed by atoms with Crippen molar-refractivity contribution in [2.24, 2.45) is 4.99 Å². The van der Waals surface area contributed by atoms with Gasteiger partial charge in [-0.2, -0.15) is 0 Å². The van der Waals surface area contributed by atoms with Crippen LogP contribution < -0.4 is 5.56 Å². The zero-order valence-corrected chi connectivity index (χ0v) is 14.8. The summed E-state index contributed by atoms with van der Waals surface area (Å²) in [6.45, 7) is 0. The molecule has 0 amide bonds. The molecule has 0 spiro atoms. The molecule has 26 heavy (non-hydrogen) atoms. The van der Waals surface area contributed by atoms with Crippen molar-refractivity contribution >= 4 is 38.9 Å². The smallest absolute Gasteiger partial charge is 0.342 e. The van der Waals surface area contributed by atoms with Gasteiger partial charge in [0.1, 0.15) is 0 Å². The van der Waals surface area contributed by atoms with Gasteiger partial charge >= 0.3 is 6.01 Å². The third-order valence-corrected chi connectivity index (χ3v) is 4.23. The van der Waals surface area contributed by atoms with Crippen LogP contribution in [0.25, 0.3) is 22.2 Å². The molecular formula is C18H11BrN4O3. The summed E-state index contributed by atoms with van der Waals surface area (Å²) in [6.07, 6.45) is 1.38. The fourth-order valence-corrected chi connectivity index (χ4v) is 2.94. The lowest BCUT2D eigenvalue weighted by molar-refractivity contribution is 0.452. The molecular weight excluding hydrogens is 400 g/mol. The van der Waals surface area contributed by atoms with Gasteiger partial charge in [-0.15, -0.1) is 5.10 Å². The number of aromatic amines is 1. The number of rotatable bonds is 3. The number of halogens is 1. The van der Waals surface area contributed by atoms with E-state index in [1.807, 2.05) is 24.3 Å². The van der Waals surface area contributed by atoms with Crippen LogP contribution in [0.15, 0.2) is 67.2 Å². The predicted octanol–water partition coefficient (Wildman–Crippen LogP) is 3.80. The molecule has 2 aromatic carbocycles. The molecule has 0 fully saturated rings. The number of nitrogens with one attached hydrogen (secondary N) is 1. The highest BCUT2D eigenvalue weighted by Gasteiger charge is 2.11. The molecule has 2 N–H and O–H groups in total. The number of hydrogen-bond acceptors (Lipinski definition) is 6. The molecule has 0 unspecified atom stereocenters. The molecule has 0 aliphatic heterocycles. The minimum Gasteiger partial charge on any atom is -0.494 e. The first-order chi connectivity index (χ1) is 12.6. The van der Waals surface area contributed by atoms with Gasteiger partial charge in [-0.3, -0.25) is 9.78 Å². The summed E-state index contributed by atoms with van der Waals surface area (Å²) in [4.78, 5) is 18.4. The van der Waals surface area contributed by atoms with Gasteiger partial charge in [-0.1, -0.05) is 45.3 Å². The Balaban J connectivity index is 1.72. The van der Waals surface area contributed by atoms with Crippen molar-refractivity contribution in [3.8, 4) is 17.3 Å². The molecule has 128 valence electrons. The number of aromatic hydroxyl groups is 1. The Morgan fingerprint density at radius 3 is 2.73 bits per heavy atom. The second-order valence-electron chi connectivity index (χ2n) is 5.42. The van der Waals surface area contributed by atoms with Crippen molar-refractivity contribution in [2.45, 2.75) is 0 Å². The first kappa shape index (κ1) is 16.2. The van der Waals surface area contributed by atoms with E-state index in [2.05, 4.69) is 36.1 Å². The summed E-state index contributed by atoms with van der Waals surface area (Å²) in [6, 6.07) is 14.4. The van der Waals surface area contributed by atoms with Crippen LogP contribution in [0, 0.1) is 0 Å². The minimum atomic E-state index is -0.370. The average molecular weight is 411 g/mol. The number of benzene rings is 2. The van der Waals surface area contributed by atoms with Gasteiger partial charge in [0.2, 0.25) is 11.8 Å². The number of hydrogen-bond donors (Lipinski definition) is 2. The van der Waals surface area contributed by atoms with Crippen molar-refractivity contribution in [2.75, 3.05) is 0 Å². The average Bonchev–Trinajstić information content (AvgIpc) is 3.11. The lowest BCUT2D eigenvalue weighted by Crippen LogP contribution is -2.07. The largest absolute Gasteiger partial charge is 0.494 e. The van der Waals surface area contributed by atoms with Crippen molar-refractivity contribution in [1.29, 1.82) is 0 Å². The summed E-state index contributed by atoms with van der Waals surface area (Å²) < 4.78 is 6.42. The molecule has 0 saturated heterocycles. The first-order valence-electron chi connectivity index (χ1n) is 7.59. The van der Waals surface area contributed by atoms with Crippen molar-refractivity contribution in [3.63, 3.8) is 0 Å². The Morgan fingerprint density at radius 2 is 1.92 bits per heavy atom. The highest BCUT2D eigenvalue weighted by molar-refractivity contribution is 9.10. The van der Waals surface area contributed by atoms with Gasteiger partial charge in [-0.25, -0.2) is 4.99 Å². The Morgan fingerprint density at radius 1 is 1.12 bits per heavy atom. The van der Waals surface area contributed by atoms with Crippen molar-refractivity contribution in [1.82, 2.24) is 15.2 Å². The monoisotopic (exact) mass is 410 g/mol. The van der Waals surface area contributed by atoms with Crippen molar-refractivity contribution in [3.05, 3.63) is 68.9 Å². The Labute approximate surface area is 155 Å². The summed E-state index contributed by atoms with van der Waals surface area (Å²) in [5.74, 6) is 0.0539. The van der Waals surface area contributed by atoms with E-state index in [1.165, 1.54) is 6.21 Å². The maximum absolute atomic E-state index is 11.9. The summed E-state index contributed by atoms with van der Waals surface area (Å²) in [5, 5.41) is 18.9. The molecule has 0 radical (unpaired) electrons. The standard InChI is InChI=1S/C18H11BrN4O3/c19-11-5-3-4-10(8-11)17-22-23-18(26-17)20-9-14-12-6-1-2-7-13(12)15(24)21-16(14)25/h1-9H,(H2,21,24,25)/b20-9+. The van der Waals surface area contributed by atoms with E-state index in [0.29, 0.717) is 22.2 Å². The summed E-state index contributed by atoms with van der Waals surface area (Å²) in [5.41, 5.74) is 0.748. The number of aromatic nitrogens is 3. The number of fused-ring (bicyclic) bond motifs is 1. The fourth-order valence-electron chi connectivity index (χ4n) is 2.54. The van der Waals surface area contributed by atoms with E-state index in [-0.39, 0.29) is 17.5 Å². The number of pyridine rings is 1. The fraction of sp³-hybridized carbons (Fsp3) is 0. The maximum Gasteiger partial charge on any atom is 0.342 e. The third kappa shape index (κ3) is 3.02. The van der Waals surface area contributed by atoms with Crippen LogP contribution in [-0.2, 0) is 0 Å². The molecule has 0 saturated carbocycles. The number of aliphatic imine (C=N–C) groups is 1. The molecule has 7 nitrogen and oxygen atoms in total. The van der Waals surface area contributed by atoms with Gasteiger partial charge < -0.3 is 9.52 Å². The SMILES string of the molecule is O=c1[nH]c(O)c(/C=N/c2nnc(-c3cccc(Br)c3)o2)c2ccccc12. The normalized spacial score (nSPS) is 11.4. The van der Waals surface area contributed by atoms with E-state index in [0.717, 1.165) is 10.0 Å². The highest BCUT2D eigenvalue weighted by atomic mass is 79.9. The van der Waals surface area contributed by atoms with Crippen LogP contribution in [0.4, 0.5) is 6.01 Å². The van der Waals surface area contributed by atoms with Crippen LogP contribution >= 0.6 is 15.9 Å². The van der Waals surface area contributed by atoms with E-state index in [9.17, 15) is 9.90 Å². The molecule has 4 rings (SSSR count). The quantitative estimate of drug-likeness (QED) is 0.499. The number of nitrogens with zero attached hydrogens (tertiary/aromatic N) is 3. The number of H-pyrrole nitrogens is 1. The third-order valence-electron chi connectivity index (χ3n) is 3.74. The molecule has 2 heterocycles. The molecule has 0 aliphatic carbocycles. The van der Waals surface area contributed by atoms with Gasteiger partial charge in [0, 0.05) is 27.0 Å². The lowest BCUT2D eigenvalue weighted by atomic mass is 10.1. The van der Waals surface area contributed by atoms with Crippen LogP contribution in [0.1, 0.15) is 5.56 Å². The predicted molar refractivity (Wildman–Crippen MR) is 101 cm³/mol. The Hall–Kier alpha value is -3.26. The second kappa shape index (κ2) is 6.57. The maximum atomic E-state index is 11.9. The molecule has 0 bridgehead atoms. The molecule has 4 aromatic rings.